The van der Waals surface area contributed by atoms with Crippen molar-refractivity contribution in [1.29, 1.82) is 0 Å². The fraction of sp³-hybridized carbons (Fsp3) is 0.250. The van der Waals surface area contributed by atoms with Gasteiger partial charge in [0, 0.05) is 12.2 Å². The minimum absolute atomic E-state index is 0.0290. The molecule has 0 spiro atoms. The Bertz CT molecular complexity index is 696. The maximum absolute atomic E-state index is 11.9. The van der Waals surface area contributed by atoms with Gasteiger partial charge in [-0.2, -0.15) is 0 Å². The van der Waals surface area contributed by atoms with Crippen molar-refractivity contribution in [2.45, 2.75) is 12.8 Å². The van der Waals surface area contributed by atoms with Gasteiger partial charge in [-0.15, -0.1) is 0 Å². The van der Waals surface area contributed by atoms with Crippen LogP contribution in [0, 0.1) is 0 Å². The third-order valence-electron chi connectivity index (χ3n) is 3.52. The van der Waals surface area contributed by atoms with Gasteiger partial charge in [-0.1, -0.05) is 15.9 Å². The van der Waals surface area contributed by atoms with Gasteiger partial charge in [0.15, 0.2) is 0 Å². The summed E-state index contributed by atoms with van der Waals surface area (Å²) >= 11 is 3.20. The van der Waals surface area contributed by atoms with E-state index < -0.39 is 5.97 Å². The van der Waals surface area contributed by atoms with Crippen LogP contribution < -0.4 is 9.64 Å². The minimum Gasteiger partial charge on any atom is -0.457 e. The van der Waals surface area contributed by atoms with Crippen molar-refractivity contribution >= 4 is 33.5 Å². The van der Waals surface area contributed by atoms with Gasteiger partial charge in [0.05, 0.1) is 11.6 Å². The molecule has 2 heterocycles. The average molecular weight is 364 g/mol. The summed E-state index contributed by atoms with van der Waals surface area (Å²) in [5.74, 6) is 0.109. The van der Waals surface area contributed by atoms with Crippen LogP contribution in [-0.2, 0) is 11.2 Å². The zero-order valence-corrected chi connectivity index (χ0v) is 13.3. The Hall–Kier alpha value is -2.08. The van der Waals surface area contributed by atoms with Gasteiger partial charge in [-0.25, -0.2) is 4.79 Å². The van der Waals surface area contributed by atoms with Crippen LogP contribution in [0.5, 0.6) is 5.75 Å². The molecule has 1 aliphatic rings. The molecule has 0 unspecified atom stereocenters. The van der Waals surface area contributed by atoms with Crippen molar-refractivity contribution in [2.75, 3.05) is 16.8 Å². The quantitative estimate of drug-likeness (QED) is 0.477. The van der Waals surface area contributed by atoms with E-state index in [2.05, 4.69) is 15.9 Å². The third kappa shape index (κ3) is 2.92. The van der Waals surface area contributed by atoms with Crippen LogP contribution in [-0.4, -0.2) is 23.8 Å². The molecule has 0 aliphatic carbocycles. The number of halogens is 1. The predicted octanol–water partition coefficient (Wildman–Crippen LogP) is 3.17. The molecule has 3 rings (SSSR count). The molecule has 6 heteroatoms. The Morgan fingerprint density at radius 3 is 2.91 bits per heavy atom. The maximum atomic E-state index is 11.9. The number of alkyl halides is 1. The normalized spacial score (nSPS) is 13.6. The zero-order chi connectivity index (χ0) is 15.5. The molecule has 5 nitrogen and oxygen atoms in total. The number of esters is 1. The highest BCUT2D eigenvalue weighted by molar-refractivity contribution is 9.09. The van der Waals surface area contributed by atoms with E-state index in [0.717, 1.165) is 24.1 Å². The lowest BCUT2D eigenvalue weighted by atomic mass is 10.0. The van der Waals surface area contributed by atoms with E-state index in [9.17, 15) is 9.59 Å². The molecule has 114 valence electrons. The molecule has 2 aromatic rings. The number of hydrogen-bond donors (Lipinski definition) is 0. The Kier molecular flexibility index (Phi) is 4.29. The molecule has 0 bridgehead atoms. The Morgan fingerprint density at radius 1 is 1.32 bits per heavy atom. The molecule has 1 amide bonds. The van der Waals surface area contributed by atoms with Gasteiger partial charge in [-0.05, 0) is 48.7 Å². The number of benzene rings is 1. The van der Waals surface area contributed by atoms with Gasteiger partial charge in [-0.3, -0.25) is 4.79 Å². The number of aryl methyl sites for hydroxylation is 1. The second kappa shape index (κ2) is 6.36. The summed E-state index contributed by atoms with van der Waals surface area (Å²) in [7, 11) is 0. The second-order valence-electron chi connectivity index (χ2n) is 4.94. The summed E-state index contributed by atoms with van der Waals surface area (Å²) < 4.78 is 10.3. The fourth-order valence-corrected chi connectivity index (χ4v) is 2.82. The van der Waals surface area contributed by atoms with Gasteiger partial charge < -0.3 is 14.1 Å². The van der Waals surface area contributed by atoms with E-state index in [0.29, 0.717) is 17.6 Å². The summed E-state index contributed by atoms with van der Waals surface area (Å²) in [5.41, 5.74) is 1.89. The number of anilines is 1. The number of hydrogen-bond acceptors (Lipinski definition) is 4. The first-order chi connectivity index (χ1) is 10.7. The number of carbonyl (C=O) groups excluding carboxylic acids is 2. The van der Waals surface area contributed by atoms with Crippen molar-refractivity contribution in [3.63, 3.8) is 0 Å². The number of amides is 1. The number of nitrogens with zero attached hydrogens (tertiary/aromatic N) is 1. The fourth-order valence-electron chi connectivity index (χ4n) is 2.52. The topological polar surface area (TPSA) is 59.8 Å². The number of furan rings is 1. The van der Waals surface area contributed by atoms with Crippen LogP contribution >= 0.6 is 15.9 Å². The Labute approximate surface area is 136 Å². The number of fused-ring (bicyclic) bond motifs is 1. The lowest BCUT2D eigenvalue weighted by Gasteiger charge is -2.29. The third-order valence-corrected chi connectivity index (χ3v) is 4.00. The predicted molar refractivity (Wildman–Crippen MR) is 84.6 cm³/mol. The van der Waals surface area contributed by atoms with Crippen molar-refractivity contribution in [3.05, 3.63) is 47.9 Å². The maximum Gasteiger partial charge on any atom is 0.379 e. The molecule has 0 fully saturated rings. The number of rotatable bonds is 3. The van der Waals surface area contributed by atoms with E-state index >= 15 is 0 Å². The summed E-state index contributed by atoms with van der Waals surface area (Å²) in [5, 5.41) is 0.293. The lowest BCUT2D eigenvalue weighted by Crippen LogP contribution is -2.36. The summed E-state index contributed by atoms with van der Waals surface area (Å²) in [6.07, 6.45) is 3.17. The first-order valence-corrected chi connectivity index (χ1v) is 8.06. The molecule has 0 atom stereocenters. The van der Waals surface area contributed by atoms with Crippen LogP contribution in [0.2, 0.25) is 0 Å². The van der Waals surface area contributed by atoms with Gasteiger partial charge in [0.1, 0.15) is 5.75 Å². The molecule has 0 radical (unpaired) electrons. The van der Waals surface area contributed by atoms with E-state index in [1.165, 1.54) is 6.26 Å². The number of ether oxygens (including phenoxy) is 1. The van der Waals surface area contributed by atoms with E-state index in [4.69, 9.17) is 9.15 Å². The van der Waals surface area contributed by atoms with Crippen molar-refractivity contribution < 1.29 is 18.7 Å². The molecule has 22 heavy (non-hydrogen) atoms. The monoisotopic (exact) mass is 363 g/mol. The van der Waals surface area contributed by atoms with Crippen molar-refractivity contribution in [2.24, 2.45) is 0 Å². The molecule has 1 aliphatic heterocycles. The Balaban J connectivity index is 1.82. The van der Waals surface area contributed by atoms with Crippen LogP contribution in [0.4, 0.5) is 5.69 Å². The van der Waals surface area contributed by atoms with Crippen molar-refractivity contribution in [3.8, 4) is 5.75 Å². The second-order valence-corrected chi connectivity index (χ2v) is 5.50. The summed E-state index contributed by atoms with van der Waals surface area (Å²) in [6, 6.07) is 8.51. The Morgan fingerprint density at radius 2 is 2.18 bits per heavy atom. The highest BCUT2D eigenvalue weighted by Crippen LogP contribution is 2.31. The smallest absolute Gasteiger partial charge is 0.379 e. The van der Waals surface area contributed by atoms with E-state index in [1.807, 2.05) is 12.1 Å². The van der Waals surface area contributed by atoms with Gasteiger partial charge >= 0.3 is 5.97 Å². The molecule has 0 saturated heterocycles. The lowest BCUT2D eigenvalue weighted by molar-refractivity contribution is -0.116. The van der Waals surface area contributed by atoms with Crippen LogP contribution in [0.1, 0.15) is 22.5 Å². The molecular weight excluding hydrogens is 350 g/mol. The number of carbonyl (C=O) groups is 2. The van der Waals surface area contributed by atoms with Gasteiger partial charge in [0.2, 0.25) is 11.7 Å². The highest BCUT2D eigenvalue weighted by Gasteiger charge is 2.22. The first kappa shape index (κ1) is 14.8. The summed E-state index contributed by atoms with van der Waals surface area (Å²) in [6.45, 7) is 0.711. The minimum atomic E-state index is -0.533. The van der Waals surface area contributed by atoms with Crippen molar-refractivity contribution in [1.82, 2.24) is 0 Å². The highest BCUT2D eigenvalue weighted by atomic mass is 79.9. The first-order valence-electron chi connectivity index (χ1n) is 6.94. The SMILES string of the molecule is O=C(Oc1ccc2c(c1)CCCN2C(=O)CBr)c1ccco1. The molecule has 1 aromatic heterocycles. The standard InChI is InChI=1S/C16H14BrNO4/c17-10-15(19)18-7-1-3-11-9-12(5-6-13(11)18)22-16(20)14-4-2-8-21-14/h2,4-6,8-9H,1,3,7,10H2. The molecule has 1 aromatic carbocycles. The van der Waals surface area contributed by atoms with E-state index in [1.54, 1.807) is 23.1 Å². The molecular formula is C16H14BrNO4. The van der Waals surface area contributed by atoms with Crippen LogP contribution in [0.25, 0.3) is 0 Å². The van der Waals surface area contributed by atoms with E-state index in [-0.39, 0.29) is 11.7 Å². The van der Waals surface area contributed by atoms with Gasteiger partial charge in [0.25, 0.3) is 0 Å². The van der Waals surface area contributed by atoms with Crippen LogP contribution in [0.3, 0.4) is 0 Å². The summed E-state index contributed by atoms with van der Waals surface area (Å²) in [4.78, 5) is 25.6. The molecule has 0 N–H and O–H groups in total. The zero-order valence-electron chi connectivity index (χ0n) is 11.8. The van der Waals surface area contributed by atoms with Crippen LogP contribution in [0.15, 0.2) is 41.0 Å². The average Bonchev–Trinajstić information content (AvgIpc) is 3.08. The molecule has 0 saturated carbocycles. The largest absolute Gasteiger partial charge is 0.457 e.